The number of nitrogens with zero attached hydrogens (tertiary/aromatic N) is 1. The van der Waals surface area contributed by atoms with E-state index in [0.717, 1.165) is 55.8 Å². The minimum absolute atomic E-state index is 0.0816. The molecule has 0 aromatic heterocycles. The summed E-state index contributed by atoms with van der Waals surface area (Å²) >= 11 is 0. The third kappa shape index (κ3) is 4.20. The topological polar surface area (TPSA) is 67.9 Å². The number of rotatable bonds is 6. The van der Waals surface area contributed by atoms with Crippen molar-refractivity contribution in [2.45, 2.75) is 45.6 Å². The smallest absolute Gasteiger partial charge is 0.231 e. The second-order valence-electron chi connectivity index (χ2n) is 7.94. The molecule has 2 heterocycles. The number of benzene rings is 1. The lowest BCUT2D eigenvalue weighted by atomic mass is 9.81. The molecule has 1 saturated heterocycles. The van der Waals surface area contributed by atoms with Crippen LogP contribution >= 0.6 is 0 Å². The molecule has 27 heavy (non-hydrogen) atoms. The van der Waals surface area contributed by atoms with Crippen LogP contribution in [0.4, 0.5) is 0 Å². The zero-order chi connectivity index (χ0) is 18.8. The molecular weight excluding hydrogens is 344 g/mol. The summed E-state index contributed by atoms with van der Waals surface area (Å²) in [5.74, 6) is 2.96. The molecule has 6 nitrogen and oxygen atoms in total. The summed E-state index contributed by atoms with van der Waals surface area (Å²) in [7, 11) is 0. The van der Waals surface area contributed by atoms with E-state index in [2.05, 4.69) is 12.2 Å². The van der Waals surface area contributed by atoms with Gasteiger partial charge in [-0.05, 0) is 48.8 Å². The Morgan fingerprint density at radius 1 is 1.15 bits per heavy atom. The first-order valence-electron chi connectivity index (χ1n) is 10.1. The summed E-state index contributed by atoms with van der Waals surface area (Å²) in [6, 6.07) is 5.74. The molecule has 4 rings (SSSR count). The molecule has 1 aromatic rings. The normalized spacial score (nSPS) is 24.0. The maximum atomic E-state index is 12.5. The Morgan fingerprint density at radius 2 is 1.96 bits per heavy atom. The van der Waals surface area contributed by atoms with E-state index in [9.17, 15) is 9.59 Å². The van der Waals surface area contributed by atoms with Crippen molar-refractivity contribution in [1.29, 1.82) is 0 Å². The summed E-state index contributed by atoms with van der Waals surface area (Å²) in [6.07, 6.45) is 4.58. The van der Waals surface area contributed by atoms with Gasteiger partial charge in [-0.2, -0.15) is 0 Å². The predicted molar refractivity (Wildman–Crippen MR) is 100 cm³/mol. The first-order chi connectivity index (χ1) is 13.1. The largest absolute Gasteiger partial charge is 0.454 e. The number of ether oxygens (including phenoxy) is 2. The van der Waals surface area contributed by atoms with Crippen molar-refractivity contribution < 1.29 is 19.1 Å². The summed E-state index contributed by atoms with van der Waals surface area (Å²) in [6.45, 7) is 4.52. The minimum atomic E-state index is 0.0816. The van der Waals surface area contributed by atoms with Crippen LogP contribution in [-0.4, -0.2) is 36.6 Å². The molecule has 2 fully saturated rings. The lowest BCUT2D eigenvalue weighted by Gasteiger charge is -2.38. The summed E-state index contributed by atoms with van der Waals surface area (Å²) < 4.78 is 10.7. The van der Waals surface area contributed by atoms with E-state index in [1.165, 1.54) is 0 Å². The van der Waals surface area contributed by atoms with Crippen molar-refractivity contribution in [3.05, 3.63) is 23.8 Å². The lowest BCUT2D eigenvalue weighted by molar-refractivity contribution is -0.135. The highest BCUT2D eigenvalue weighted by Crippen LogP contribution is 2.35. The van der Waals surface area contributed by atoms with Gasteiger partial charge in [0.05, 0.1) is 0 Å². The number of carbonyl (C=O) groups excluding carboxylic acids is 2. The number of piperidine rings is 1. The maximum absolute atomic E-state index is 12.5. The van der Waals surface area contributed by atoms with E-state index in [1.54, 1.807) is 0 Å². The molecule has 2 amide bonds. The average molecular weight is 372 g/mol. The third-order valence-corrected chi connectivity index (χ3v) is 6.03. The highest BCUT2D eigenvalue weighted by Gasteiger charge is 2.37. The van der Waals surface area contributed by atoms with Gasteiger partial charge in [0.25, 0.3) is 0 Å². The summed E-state index contributed by atoms with van der Waals surface area (Å²) in [4.78, 5) is 26.8. The highest BCUT2D eigenvalue weighted by atomic mass is 16.7. The molecule has 146 valence electrons. The van der Waals surface area contributed by atoms with E-state index in [-0.39, 0.29) is 18.6 Å². The lowest BCUT2D eigenvalue weighted by Crippen LogP contribution is -2.45. The standard InChI is InChI=1S/C21H28N2O4/c1-2-15-12-23(21(25)16-4-5-16)8-7-17(15)10-20(24)22-11-14-3-6-18-19(9-14)27-13-26-18/h3,6,9,15-17H,2,4-5,7-8,10-13H2,1H3,(H,22,24). The zero-order valence-electron chi connectivity index (χ0n) is 15.9. The van der Waals surface area contributed by atoms with Crippen molar-refractivity contribution in [2.24, 2.45) is 17.8 Å². The molecule has 2 aliphatic heterocycles. The van der Waals surface area contributed by atoms with Crippen LogP contribution in [0.5, 0.6) is 11.5 Å². The van der Waals surface area contributed by atoms with Gasteiger partial charge in [-0.15, -0.1) is 0 Å². The Balaban J connectivity index is 1.26. The molecule has 3 aliphatic rings. The second-order valence-corrected chi connectivity index (χ2v) is 7.94. The van der Waals surface area contributed by atoms with E-state index >= 15 is 0 Å². The molecule has 0 radical (unpaired) electrons. The van der Waals surface area contributed by atoms with Gasteiger partial charge in [-0.3, -0.25) is 9.59 Å². The predicted octanol–water partition coefficient (Wildman–Crippen LogP) is 2.71. The Kier molecular flexibility index (Phi) is 5.23. The van der Waals surface area contributed by atoms with Crippen LogP contribution in [-0.2, 0) is 16.1 Å². The molecule has 1 N–H and O–H groups in total. The van der Waals surface area contributed by atoms with E-state index in [1.807, 2.05) is 23.1 Å². The quantitative estimate of drug-likeness (QED) is 0.834. The van der Waals surface area contributed by atoms with Gasteiger partial charge in [-0.25, -0.2) is 0 Å². The molecule has 1 aromatic carbocycles. The first kappa shape index (κ1) is 18.1. The number of fused-ring (bicyclic) bond motifs is 1. The SMILES string of the molecule is CCC1CN(C(=O)C2CC2)CCC1CC(=O)NCc1ccc2c(c1)OCO2. The van der Waals surface area contributed by atoms with Gasteiger partial charge in [-0.1, -0.05) is 19.4 Å². The van der Waals surface area contributed by atoms with Crippen molar-refractivity contribution in [3.63, 3.8) is 0 Å². The number of amides is 2. The number of nitrogens with one attached hydrogen (secondary N) is 1. The molecule has 0 bridgehead atoms. The van der Waals surface area contributed by atoms with E-state index in [0.29, 0.717) is 30.7 Å². The van der Waals surface area contributed by atoms with Crippen LogP contribution in [0.25, 0.3) is 0 Å². The molecule has 2 atom stereocenters. The molecule has 1 aliphatic carbocycles. The summed E-state index contributed by atoms with van der Waals surface area (Å²) in [5.41, 5.74) is 1.00. The number of hydrogen-bond donors (Lipinski definition) is 1. The second kappa shape index (κ2) is 7.79. The molecule has 0 spiro atoms. The van der Waals surface area contributed by atoms with E-state index < -0.39 is 0 Å². The van der Waals surface area contributed by atoms with Gasteiger partial charge < -0.3 is 19.7 Å². The van der Waals surface area contributed by atoms with Crippen LogP contribution in [0.1, 0.15) is 44.6 Å². The van der Waals surface area contributed by atoms with Crippen LogP contribution in [0.3, 0.4) is 0 Å². The fourth-order valence-corrected chi connectivity index (χ4v) is 4.16. The van der Waals surface area contributed by atoms with Crippen molar-refractivity contribution >= 4 is 11.8 Å². The average Bonchev–Trinajstić information content (AvgIpc) is 3.43. The van der Waals surface area contributed by atoms with Crippen LogP contribution < -0.4 is 14.8 Å². The first-order valence-corrected chi connectivity index (χ1v) is 10.1. The Hall–Kier alpha value is -2.24. The van der Waals surface area contributed by atoms with Crippen molar-refractivity contribution in [2.75, 3.05) is 19.9 Å². The van der Waals surface area contributed by atoms with E-state index in [4.69, 9.17) is 9.47 Å². The fraction of sp³-hybridized carbons (Fsp3) is 0.619. The van der Waals surface area contributed by atoms with Gasteiger partial charge in [0.15, 0.2) is 11.5 Å². The molecule has 1 saturated carbocycles. The maximum Gasteiger partial charge on any atom is 0.231 e. The van der Waals surface area contributed by atoms with Crippen molar-refractivity contribution in [1.82, 2.24) is 10.2 Å². The Labute approximate surface area is 160 Å². The van der Waals surface area contributed by atoms with Gasteiger partial charge in [0, 0.05) is 32.0 Å². The van der Waals surface area contributed by atoms with Gasteiger partial charge in [0.2, 0.25) is 18.6 Å². The van der Waals surface area contributed by atoms with Gasteiger partial charge >= 0.3 is 0 Å². The minimum Gasteiger partial charge on any atom is -0.454 e. The number of hydrogen-bond acceptors (Lipinski definition) is 4. The van der Waals surface area contributed by atoms with Crippen LogP contribution in [0, 0.1) is 17.8 Å². The molecular formula is C21H28N2O4. The zero-order valence-corrected chi connectivity index (χ0v) is 15.9. The monoisotopic (exact) mass is 372 g/mol. The summed E-state index contributed by atoms with van der Waals surface area (Å²) in [5, 5.41) is 3.03. The highest BCUT2D eigenvalue weighted by molar-refractivity contribution is 5.81. The Morgan fingerprint density at radius 3 is 2.74 bits per heavy atom. The van der Waals surface area contributed by atoms with Crippen LogP contribution in [0.2, 0.25) is 0 Å². The fourth-order valence-electron chi connectivity index (χ4n) is 4.16. The van der Waals surface area contributed by atoms with Gasteiger partial charge in [0.1, 0.15) is 0 Å². The third-order valence-electron chi connectivity index (χ3n) is 6.03. The molecule has 6 heteroatoms. The molecule has 2 unspecified atom stereocenters. The Bertz CT molecular complexity index is 716. The van der Waals surface area contributed by atoms with Crippen LogP contribution in [0.15, 0.2) is 18.2 Å². The number of likely N-dealkylation sites (tertiary alicyclic amines) is 1. The number of carbonyl (C=O) groups is 2. The van der Waals surface area contributed by atoms with Crippen molar-refractivity contribution in [3.8, 4) is 11.5 Å².